The molecule has 0 bridgehead atoms. The molecule has 11 aromatic rings. The van der Waals surface area contributed by atoms with E-state index in [1.54, 1.807) is 34.9 Å². The summed E-state index contributed by atoms with van der Waals surface area (Å²) in [6.07, 6.45) is 0. The predicted octanol–water partition coefficient (Wildman–Crippen LogP) is 10.9. The number of nitrogens with one attached hydrogen (secondary N) is 1. The van der Waals surface area contributed by atoms with Crippen LogP contribution in [-0.2, 0) is 96.2 Å². The van der Waals surface area contributed by atoms with E-state index in [-0.39, 0.29) is 79.8 Å². The number of hydrogen-bond acceptors (Lipinski definition) is 10. The van der Waals surface area contributed by atoms with Gasteiger partial charge in [-0.15, -0.1) is 5.69 Å². The molecular formula is C56H45F2N6O10S2Y-. The van der Waals surface area contributed by atoms with Crippen molar-refractivity contribution < 1.29 is 87.3 Å². The van der Waals surface area contributed by atoms with E-state index in [1.165, 1.54) is 32.4 Å². The Kier molecular flexibility index (Phi) is 16.4. The number of carboxylic acid groups (broad SMARTS) is 1. The van der Waals surface area contributed by atoms with Crippen LogP contribution in [0.2, 0.25) is 0 Å². The number of hydrogen-bond donors (Lipinski definition) is 3. The number of para-hydroxylation sites is 3. The van der Waals surface area contributed by atoms with Crippen LogP contribution in [0.5, 0.6) is 0 Å². The zero-order chi connectivity index (χ0) is 53.9. The van der Waals surface area contributed by atoms with Crippen LogP contribution in [0.3, 0.4) is 0 Å². The van der Waals surface area contributed by atoms with Crippen molar-refractivity contribution in [2.24, 2.45) is 0 Å². The molecule has 0 saturated carbocycles. The van der Waals surface area contributed by atoms with Gasteiger partial charge in [-0.05, 0) is 109 Å². The van der Waals surface area contributed by atoms with E-state index < -0.39 is 37.7 Å². The van der Waals surface area contributed by atoms with Crippen molar-refractivity contribution in [3.8, 4) is 0 Å². The number of carboxylic acids is 1. The number of nitrogen functional groups attached to an aromatic ring is 1. The van der Waals surface area contributed by atoms with Crippen molar-refractivity contribution in [1.29, 1.82) is 0 Å². The summed E-state index contributed by atoms with van der Waals surface area (Å²) in [5.74, 6) is -2.67. The normalized spacial score (nSPS) is 11.4. The van der Waals surface area contributed by atoms with Crippen LogP contribution in [0.25, 0.3) is 70.1 Å². The van der Waals surface area contributed by atoms with Gasteiger partial charge in [0.2, 0.25) is 0 Å². The van der Waals surface area contributed by atoms with Gasteiger partial charge in [-0.2, -0.15) is 0 Å². The van der Waals surface area contributed by atoms with Gasteiger partial charge >= 0.3 is 17.9 Å². The predicted molar refractivity (Wildman–Crippen MR) is 288 cm³/mol. The minimum atomic E-state index is -4.01. The Morgan fingerprint density at radius 2 is 0.922 bits per heavy atom. The number of halogens is 2. The largest absolute Gasteiger partial charge is 0.573 e. The molecule has 389 valence electrons. The molecule has 0 aliphatic carbocycles. The first-order chi connectivity index (χ1) is 36.4. The van der Waals surface area contributed by atoms with E-state index in [2.05, 4.69) is 9.44 Å². The summed E-state index contributed by atoms with van der Waals surface area (Å²) in [6.45, 7) is 0.0278. The smallest absolute Gasteiger partial charge is 0.325 e. The van der Waals surface area contributed by atoms with Crippen molar-refractivity contribution in [3.63, 3.8) is 0 Å². The Balaban J connectivity index is 0.000000155. The first-order valence-electron chi connectivity index (χ1n) is 23.1. The van der Waals surface area contributed by atoms with Crippen molar-refractivity contribution >= 4 is 120 Å². The van der Waals surface area contributed by atoms with Crippen LogP contribution in [0.4, 0.5) is 25.8 Å². The summed E-state index contributed by atoms with van der Waals surface area (Å²) in [5.41, 5.74) is 12.2. The summed E-state index contributed by atoms with van der Waals surface area (Å²) in [7, 11) is -5.14. The molecule has 0 atom stereocenters. The van der Waals surface area contributed by atoms with Crippen molar-refractivity contribution in [2.45, 2.75) is 29.4 Å². The number of benzene rings is 8. The molecule has 21 heteroatoms. The summed E-state index contributed by atoms with van der Waals surface area (Å²) in [5, 5.41) is 14.5. The Hall–Kier alpha value is -8.17. The van der Waals surface area contributed by atoms with E-state index in [9.17, 15) is 45.1 Å². The number of fused-ring (bicyclic) bond motifs is 9. The van der Waals surface area contributed by atoms with Crippen LogP contribution >= 0.6 is 0 Å². The van der Waals surface area contributed by atoms with Gasteiger partial charge in [0.15, 0.2) is 0 Å². The summed E-state index contributed by atoms with van der Waals surface area (Å²) >= 11 is 0. The number of methoxy groups -OCH3 is 2. The number of carbonyl (C=O) groups excluding carboxylic acids is 2. The van der Waals surface area contributed by atoms with Crippen LogP contribution in [0, 0.1) is 11.6 Å². The number of ether oxygens (including phenoxy) is 2. The quantitative estimate of drug-likeness (QED) is 0.0770. The molecule has 77 heavy (non-hydrogen) atoms. The Morgan fingerprint density at radius 3 is 1.40 bits per heavy atom. The van der Waals surface area contributed by atoms with Gasteiger partial charge in [0.05, 0.1) is 24.0 Å². The maximum atomic E-state index is 13.1. The molecule has 8 aromatic carbocycles. The molecule has 0 unspecified atom stereocenters. The molecule has 0 aliphatic heterocycles. The Morgan fingerprint density at radius 1 is 0.519 bits per heavy atom. The molecule has 11 rings (SSSR count). The minimum absolute atomic E-state index is 0. The number of nitrogens with zero attached hydrogens (tertiary/aromatic N) is 4. The third-order valence-corrected chi connectivity index (χ3v) is 15.1. The second kappa shape index (κ2) is 23.0. The monoisotopic (exact) mass is 1150 g/mol. The molecule has 0 amide bonds. The van der Waals surface area contributed by atoms with Crippen LogP contribution in [0.1, 0.15) is 0 Å². The summed E-state index contributed by atoms with van der Waals surface area (Å²) in [4.78, 5) is 34.5. The number of anilines is 2. The van der Waals surface area contributed by atoms with Gasteiger partial charge in [-0.25, -0.2) is 25.6 Å². The fourth-order valence-corrected chi connectivity index (χ4v) is 11.0. The number of carbonyl (C=O) groups is 3. The summed E-state index contributed by atoms with van der Waals surface area (Å²) in [6, 6.07) is 47.4. The third kappa shape index (κ3) is 11.8. The van der Waals surface area contributed by atoms with E-state index >= 15 is 0 Å². The maximum Gasteiger partial charge on any atom is 0.325 e. The topological polar surface area (TPSA) is 225 Å². The SMILES string of the molecule is COC(=O)Cn1c2ccccc2c2cc(N)ccc21.COC(=O)Cn1c2ccccc2c2cc(NS(=O)(=O)c3ccc(F)cc3)ccc21.O=C(O)Cn1c2ccccc2c2cc([N-]S(=O)(=O)c3ccc(F)cc3)ccc21.[Y]. The number of nitrogens with two attached hydrogens (primary N) is 1. The molecule has 3 aromatic heterocycles. The van der Waals surface area contributed by atoms with E-state index in [0.29, 0.717) is 22.3 Å². The number of sulfonamides is 2. The molecule has 0 fully saturated rings. The molecule has 0 spiro atoms. The van der Waals surface area contributed by atoms with E-state index in [1.807, 2.05) is 100 Å². The van der Waals surface area contributed by atoms with Crippen molar-refractivity contribution in [2.75, 3.05) is 24.7 Å². The maximum absolute atomic E-state index is 13.1. The minimum Gasteiger partial charge on any atom is -0.573 e. The average molecular weight is 1150 g/mol. The summed E-state index contributed by atoms with van der Waals surface area (Å²) < 4.78 is 97.7. The van der Waals surface area contributed by atoms with Crippen molar-refractivity contribution in [3.05, 3.63) is 192 Å². The molecular weight excluding hydrogens is 1110 g/mol. The van der Waals surface area contributed by atoms with E-state index in [0.717, 1.165) is 90.9 Å². The number of aromatic nitrogens is 3. The first-order valence-corrected chi connectivity index (χ1v) is 26.0. The molecule has 0 saturated heterocycles. The van der Waals surface area contributed by atoms with Gasteiger partial charge in [0.1, 0.15) is 41.3 Å². The molecule has 0 aliphatic rings. The van der Waals surface area contributed by atoms with Gasteiger partial charge in [0.25, 0.3) is 10.0 Å². The molecule has 16 nitrogen and oxygen atoms in total. The van der Waals surface area contributed by atoms with Gasteiger partial charge < -0.3 is 38.7 Å². The van der Waals surface area contributed by atoms with Crippen molar-refractivity contribution in [1.82, 2.24) is 13.7 Å². The standard InChI is InChI=1S/C21H17FN2O4S.C20H14FN2O4S.C15H14N2O2.Y/c1-28-21(25)13-24-19-5-3-2-4-17(19)18-12-15(8-11-20(18)24)23-29(26,27)16-9-6-14(22)7-10-16;21-13-5-8-15(9-6-13)28(26,27)22-14-7-10-19-17(11-14)16-3-1-2-4-18(16)23(19)12-20(24)25;1-19-15(18)9-17-13-5-3-2-4-11(13)12-8-10(16)6-7-14(12)17;/h2-12,23H,13H2,1H3;1-11H,12H2,(H,24,25);2-8H,9,16H2,1H3;/q;-1;;. The molecule has 1 radical (unpaired) electrons. The van der Waals surface area contributed by atoms with Gasteiger partial charge in [-0.1, -0.05) is 66.7 Å². The third-order valence-electron chi connectivity index (χ3n) is 12.4. The second-order valence-corrected chi connectivity index (χ2v) is 20.4. The van der Waals surface area contributed by atoms with Crippen LogP contribution < -0.4 is 10.5 Å². The molecule has 4 N–H and O–H groups in total. The average Bonchev–Trinajstić information content (AvgIpc) is 4.16. The zero-order valence-electron chi connectivity index (χ0n) is 41.0. The van der Waals surface area contributed by atoms with Crippen LogP contribution in [0.15, 0.2) is 186 Å². The zero-order valence-corrected chi connectivity index (χ0v) is 45.5. The fraction of sp³-hybridized carbons (Fsp3) is 0.0893. The van der Waals surface area contributed by atoms with Crippen LogP contribution in [-0.4, -0.2) is 67.8 Å². The van der Waals surface area contributed by atoms with Gasteiger partial charge in [0, 0.05) is 110 Å². The Bertz CT molecular complexity index is 4280. The Labute approximate surface area is 464 Å². The number of aliphatic carboxylic acids is 1. The number of rotatable bonds is 12. The second-order valence-electron chi connectivity index (χ2n) is 17.1. The van der Waals surface area contributed by atoms with Gasteiger partial charge in [-0.3, -0.25) is 19.1 Å². The molecule has 3 heterocycles. The number of esters is 2. The fourth-order valence-electron chi connectivity index (χ4n) is 8.95. The van der Waals surface area contributed by atoms with E-state index in [4.69, 9.17) is 15.2 Å². The first kappa shape index (κ1) is 55.1.